The third-order valence-electron chi connectivity index (χ3n) is 5.85. The van der Waals surface area contributed by atoms with Gasteiger partial charge in [-0.3, -0.25) is 14.5 Å². The smallest absolute Gasteiger partial charge is 0.237 e. The number of hydrogen-bond acceptors (Lipinski definition) is 5. The molecule has 150 valence electrons. The zero-order valence-corrected chi connectivity index (χ0v) is 16.8. The summed E-state index contributed by atoms with van der Waals surface area (Å²) in [4.78, 5) is 22.5. The molecule has 0 N–H and O–H groups in total. The molecule has 0 radical (unpaired) electrons. The van der Waals surface area contributed by atoms with Crippen molar-refractivity contribution in [3.63, 3.8) is 0 Å². The molecule has 32 heavy (non-hydrogen) atoms. The molecule has 0 aliphatic carbocycles. The summed E-state index contributed by atoms with van der Waals surface area (Å²) in [5, 5.41) is 2.20. The van der Waals surface area contributed by atoms with Gasteiger partial charge in [-0.25, -0.2) is 15.0 Å². The van der Waals surface area contributed by atoms with E-state index in [1.807, 2.05) is 29.0 Å². The van der Waals surface area contributed by atoms with Crippen LogP contribution in [-0.2, 0) is 0 Å². The van der Waals surface area contributed by atoms with Gasteiger partial charge in [-0.05, 0) is 30.3 Å². The highest BCUT2D eigenvalue weighted by molar-refractivity contribution is 6.21. The molecule has 7 rings (SSSR count). The number of rotatable bonds is 2. The van der Waals surface area contributed by atoms with E-state index in [2.05, 4.69) is 73.0 Å². The van der Waals surface area contributed by atoms with E-state index in [1.165, 1.54) is 12.7 Å². The molecule has 5 aromatic heterocycles. The van der Waals surface area contributed by atoms with Gasteiger partial charge in [-0.15, -0.1) is 0 Å². The summed E-state index contributed by atoms with van der Waals surface area (Å²) in [6.07, 6.45) is 6.76. The number of para-hydroxylation sites is 2. The van der Waals surface area contributed by atoms with Crippen molar-refractivity contribution >= 4 is 43.9 Å². The Morgan fingerprint density at radius 3 is 2.22 bits per heavy atom. The monoisotopic (exact) mass is 413 g/mol. The van der Waals surface area contributed by atoms with E-state index in [0.29, 0.717) is 5.95 Å². The average Bonchev–Trinajstić information content (AvgIpc) is 3.38. The Labute approximate surface area is 181 Å². The lowest BCUT2D eigenvalue weighted by molar-refractivity contribution is 0.938. The number of benzene rings is 2. The highest BCUT2D eigenvalue weighted by atomic mass is 15.2. The van der Waals surface area contributed by atoms with Crippen LogP contribution in [-0.4, -0.2) is 34.1 Å². The quantitative estimate of drug-likeness (QED) is 0.405. The van der Waals surface area contributed by atoms with Gasteiger partial charge in [0.2, 0.25) is 5.95 Å². The van der Waals surface area contributed by atoms with Gasteiger partial charge in [0.05, 0.1) is 16.6 Å². The molecule has 7 aromatic rings. The number of nitrogens with zero attached hydrogens (tertiary/aromatic N) is 7. The first-order valence-corrected chi connectivity index (χ1v) is 10.3. The fraction of sp³-hybridized carbons (Fsp3) is 0. The maximum Gasteiger partial charge on any atom is 0.237 e. The Morgan fingerprint density at radius 1 is 0.562 bits per heavy atom. The standard InChI is InChI=1S/C25H15N7/c1-2-7-16(8-3-1)31-19-10-5-4-9-17(19)18-13-28-22-21-20(11-6-12-27-21)32(24(22)23(18)31)25-29-14-26-15-30-25/h1-15H. The summed E-state index contributed by atoms with van der Waals surface area (Å²) in [5.41, 5.74) is 6.68. The SMILES string of the molecule is c1ccc(-n2c3ccccc3c3cnc4c5ncccc5n(-c5ncncn5)c4c32)cc1. The number of hydrogen-bond donors (Lipinski definition) is 0. The van der Waals surface area contributed by atoms with Crippen molar-refractivity contribution in [3.8, 4) is 11.6 Å². The lowest BCUT2D eigenvalue weighted by Crippen LogP contribution is -2.03. The topological polar surface area (TPSA) is 74.3 Å². The van der Waals surface area contributed by atoms with Crippen molar-refractivity contribution in [1.82, 2.24) is 34.1 Å². The zero-order chi connectivity index (χ0) is 21.1. The van der Waals surface area contributed by atoms with Crippen molar-refractivity contribution in [3.05, 3.63) is 91.8 Å². The molecule has 2 aromatic carbocycles. The van der Waals surface area contributed by atoms with Gasteiger partial charge in [0.15, 0.2) is 0 Å². The second kappa shape index (κ2) is 6.42. The molecule has 0 atom stereocenters. The number of pyridine rings is 2. The van der Waals surface area contributed by atoms with E-state index >= 15 is 0 Å². The van der Waals surface area contributed by atoms with Gasteiger partial charge in [0.25, 0.3) is 0 Å². The molecule has 0 saturated heterocycles. The van der Waals surface area contributed by atoms with E-state index < -0.39 is 0 Å². The van der Waals surface area contributed by atoms with Crippen LogP contribution in [0.3, 0.4) is 0 Å². The molecular formula is C25H15N7. The number of aromatic nitrogens is 7. The van der Waals surface area contributed by atoms with Crippen molar-refractivity contribution < 1.29 is 0 Å². The highest BCUT2D eigenvalue weighted by Gasteiger charge is 2.23. The largest absolute Gasteiger partial charge is 0.307 e. The Hall–Kier alpha value is -4.65. The first-order chi connectivity index (χ1) is 15.9. The molecule has 0 bridgehead atoms. The molecule has 0 aliphatic rings. The minimum absolute atomic E-state index is 0.534. The maximum atomic E-state index is 4.87. The minimum atomic E-state index is 0.534. The second-order valence-corrected chi connectivity index (χ2v) is 7.55. The van der Waals surface area contributed by atoms with Crippen molar-refractivity contribution in [2.75, 3.05) is 0 Å². The lowest BCUT2D eigenvalue weighted by atomic mass is 10.2. The van der Waals surface area contributed by atoms with E-state index in [-0.39, 0.29) is 0 Å². The summed E-state index contributed by atoms with van der Waals surface area (Å²) < 4.78 is 4.32. The maximum absolute atomic E-state index is 4.87. The van der Waals surface area contributed by atoms with Gasteiger partial charge in [0.1, 0.15) is 29.2 Å². The van der Waals surface area contributed by atoms with Crippen LogP contribution >= 0.6 is 0 Å². The molecule has 5 heterocycles. The minimum Gasteiger partial charge on any atom is -0.307 e. The summed E-state index contributed by atoms with van der Waals surface area (Å²) in [6.45, 7) is 0. The van der Waals surface area contributed by atoms with E-state index in [0.717, 1.165) is 49.6 Å². The Morgan fingerprint density at radius 2 is 1.34 bits per heavy atom. The molecule has 0 unspecified atom stereocenters. The third-order valence-corrected chi connectivity index (χ3v) is 5.85. The summed E-state index contributed by atoms with van der Waals surface area (Å²) in [7, 11) is 0. The first kappa shape index (κ1) is 17.1. The van der Waals surface area contributed by atoms with Crippen LogP contribution in [0.25, 0.3) is 55.5 Å². The van der Waals surface area contributed by atoms with Crippen LogP contribution in [0.2, 0.25) is 0 Å². The Kier molecular flexibility index (Phi) is 3.43. The molecule has 0 saturated carbocycles. The van der Waals surface area contributed by atoms with Crippen LogP contribution in [0.1, 0.15) is 0 Å². The predicted molar refractivity (Wildman–Crippen MR) is 124 cm³/mol. The molecule has 7 nitrogen and oxygen atoms in total. The highest BCUT2D eigenvalue weighted by Crippen LogP contribution is 2.39. The normalized spacial score (nSPS) is 11.8. The predicted octanol–water partition coefficient (Wildman–Crippen LogP) is 4.86. The van der Waals surface area contributed by atoms with Crippen LogP contribution in [0.5, 0.6) is 0 Å². The summed E-state index contributed by atoms with van der Waals surface area (Å²) >= 11 is 0. The first-order valence-electron chi connectivity index (χ1n) is 10.3. The fourth-order valence-corrected chi connectivity index (χ4v) is 4.60. The zero-order valence-electron chi connectivity index (χ0n) is 16.8. The van der Waals surface area contributed by atoms with Crippen LogP contribution in [0, 0.1) is 0 Å². The van der Waals surface area contributed by atoms with Gasteiger partial charge in [-0.1, -0.05) is 36.4 Å². The van der Waals surface area contributed by atoms with Gasteiger partial charge in [0, 0.05) is 28.9 Å². The van der Waals surface area contributed by atoms with Gasteiger partial charge in [-0.2, -0.15) is 0 Å². The van der Waals surface area contributed by atoms with Crippen LogP contribution in [0.15, 0.2) is 91.8 Å². The molecular weight excluding hydrogens is 398 g/mol. The van der Waals surface area contributed by atoms with Crippen LogP contribution < -0.4 is 0 Å². The average molecular weight is 413 g/mol. The van der Waals surface area contributed by atoms with Crippen molar-refractivity contribution in [2.45, 2.75) is 0 Å². The van der Waals surface area contributed by atoms with Gasteiger partial charge >= 0.3 is 0 Å². The van der Waals surface area contributed by atoms with Crippen LogP contribution in [0.4, 0.5) is 0 Å². The molecule has 7 heteroatoms. The molecule has 0 amide bonds. The summed E-state index contributed by atoms with van der Waals surface area (Å²) in [6, 6.07) is 22.7. The van der Waals surface area contributed by atoms with E-state index in [1.54, 1.807) is 6.20 Å². The van der Waals surface area contributed by atoms with E-state index in [4.69, 9.17) is 4.98 Å². The van der Waals surface area contributed by atoms with Crippen molar-refractivity contribution in [2.24, 2.45) is 0 Å². The van der Waals surface area contributed by atoms with E-state index in [9.17, 15) is 0 Å². The Bertz CT molecular complexity index is 1630. The van der Waals surface area contributed by atoms with Crippen molar-refractivity contribution in [1.29, 1.82) is 0 Å². The molecule has 0 spiro atoms. The molecule has 0 aliphatic heterocycles. The lowest BCUT2D eigenvalue weighted by Gasteiger charge is -2.10. The number of fused-ring (bicyclic) bond motifs is 7. The van der Waals surface area contributed by atoms with Gasteiger partial charge < -0.3 is 4.57 Å². The fourth-order valence-electron chi connectivity index (χ4n) is 4.60. The summed E-state index contributed by atoms with van der Waals surface area (Å²) in [5.74, 6) is 0.534. The molecule has 0 fully saturated rings. The Balaban J connectivity index is 1.81. The third kappa shape index (κ3) is 2.22. The second-order valence-electron chi connectivity index (χ2n) is 7.55.